The quantitative estimate of drug-likeness (QED) is 0.631. The van der Waals surface area contributed by atoms with E-state index in [-0.39, 0.29) is 29.7 Å². The van der Waals surface area contributed by atoms with E-state index in [1.807, 2.05) is 0 Å². The first kappa shape index (κ1) is 14.9. The molecule has 1 aliphatic heterocycles. The third-order valence-corrected chi connectivity index (χ3v) is 3.17. The second-order valence-electron chi connectivity index (χ2n) is 4.30. The van der Waals surface area contributed by atoms with E-state index in [0.29, 0.717) is 6.61 Å². The fourth-order valence-corrected chi connectivity index (χ4v) is 2.26. The largest absolute Gasteiger partial charge is 0.377 e. The first-order valence-electron chi connectivity index (χ1n) is 5.91. The van der Waals surface area contributed by atoms with E-state index in [1.54, 1.807) is 0 Å². The Labute approximate surface area is 118 Å². The summed E-state index contributed by atoms with van der Waals surface area (Å²) in [5, 5.41) is 11.2. The van der Waals surface area contributed by atoms with E-state index < -0.39 is 23.8 Å². The van der Waals surface area contributed by atoms with Crippen molar-refractivity contribution in [3.63, 3.8) is 0 Å². The maximum Gasteiger partial charge on any atom is 0.313 e. The Morgan fingerprint density at radius 2 is 2.40 bits per heavy atom. The number of hydrogen-bond acceptors (Lipinski definition) is 5. The van der Waals surface area contributed by atoms with Gasteiger partial charge in [0.15, 0.2) is 0 Å². The van der Waals surface area contributed by atoms with Gasteiger partial charge in [-0.15, -0.1) is 0 Å². The van der Waals surface area contributed by atoms with E-state index in [2.05, 4.69) is 4.98 Å². The molecule has 0 bridgehead atoms. The van der Waals surface area contributed by atoms with Gasteiger partial charge in [0.1, 0.15) is 0 Å². The number of morpholine rings is 1. The van der Waals surface area contributed by atoms with Crippen molar-refractivity contribution in [3.05, 3.63) is 27.4 Å². The predicted molar refractivity (Wildman–Crippen MR) is 68.5 cm³/mol. The summed E-state index contributed by atoms with van der Waals surface area (Å²) in [5.41, 5.74) is -0.293. The molecule has 0 aromatic carbocycles. The molecule has 1 aromatic rings. The summed E-state index contributed by atoms with van der Waals surface area (Å²) in [6.07, 6.45) is -1.68. The highest BCUT2D eigenvalue weighted by Gasteiger charge is 2.31. The van der Waals surface area contributed by atoms with Crippen molar-refractivity contribution < 1.29 is 18.4 Å². The molecule has 0 amide bonds. The zero-order chi connectivity index (χ0) is 14.7. The van der Waals surface area contributed by atoms with Crippen LogP contribution in [0.2, 0.25) is 5.02 Å². The van der Waals surface area contributed by atoms with Crippen LogP contribution in [-0.2, 0) is 4.74 Å². The van der Waals surface area contributed by atoms with Crippen molar-refractivity contribution in [1.82, 2.24) is 4.98 Å². The summed E-state index contributed by atoms with van der Waals surface area (Å²) in [5.74, 6) is 0.0494. The monoisotopic (exact) mass is 307 g/mol. The van der Waals surface area contributed by atoms with Gasteiger partial charge < -0.3 is 9.64 Å². The van der Waals surface area contributed by atoms with Crippen LogP contribution in [0.3, 0.4) is 0 Å². The van der Waals surface area contributed by atoms with Gasteiger partial charge >= 0.3 is 5.69 Å². The molecule has 0 spiro atoms. The topological polar surface area (TPSA) is 68.5 Å². The van der Waals surface area contributed by atoms with Crippen LogP contribution in [0.1, 0.15) is 6.42 Å². The maximum atomic E-state index is 12.6. The van der Waals surface area contributed by atoms with Crippen LogP contribution in [-0.4, -0.2) is 42.1 Å². The Bertz CT molecular complexity index is 504. The maximum absolute atomic E-state index is 12.6. The number of rotatable bonds is 4. The lowest BCUT2D eigenvalue weighted by molar-refractivity contribution is -0.384. The summed E-state index contributed by atoms with van der Waals surface area (Å²) in [4.78, 5) is 15.8. The summed E-state index contributed by atoms with van der Waals surface area (Å²) >= 11 is 5.69. The smallest absolute Gasteiger partial charge is 0.313 e. The minimum atomic E-state index is -2.52. The van der Waals surface area contributed by atoms with E-state index in [9.17, 15) is 18.9 Å². The molecule has 2 heterocycles. The van der Waals surface area contributed by atoms with E-state index >= 15 is 0 Å². The Morgan fingerprint density at radius 1 is 1.65 bits per heavy atom. The Morgan fingerprint density at radius 3 is 3.05 bits per heavy atom. The van der Waals surface area contributed by atoms with Gasteiger partial charge in [-0.05, 0) is 0 Å². The van der Waals surface area contributed by atoms with Gasteiger partial charge in [-0.2, -0.15) is 0 Å². The highest BCUT2D eigenvalue weighted by Crippen LogP contribution is 2.31. The lowest BCUT2D eigenvalue weighted by atomic mass is 10.1. The molecule has 20 heavy (non-hydrogen) atoms. The normalized spacial score (nSPS) is 19.4. The fraction of sp³-hybridized carbons (Fsp3) is 0.545. The van der Waals surface area contributed by atoms with Gasteiger partial charge in [-0.1, -0.05) is 11.6 Å². The summed E-state index contributed by atoms with van der Waals surface area (Å²) < 4.78 is 30.3. The van der Waals surface area contributed by atoms with E-state index in [1.165, 1.54) is 17.2 Å². The number of alkyl halides is 2. The lowest BCUT2D eigenvalue weighted by Crippen LogP contribution is -2.47. The molecular formula is C11H12ClF2N3O3. The van der Waals surface area contributed by atoms with Crippen molar-refractivity contribution in [2.45, 2.75) is 18.9 Å². The second kappa shape index (κ2) is 6.27. The van der Waals surface area contributed by atoms with Crippen molar-refractivity contribution >= 4 is 23.1 Å². The number of nitro groups is 1. The summed E-state index contributed by atoms with van der Waals surface area (Å²) in [6, 6.07) is 0.523. The minimum absolute atomic E-state index is 0.0494. The van der Waals surface area contributed by atoms with Gasteiger partial charge in [-0.3, -0.25) is 10.1 Å². The third kappa shape index (κ3) is 3.31. The SMILES string of the molecule is O=[N+]([O-])c1cc(Cl)cnc1N1CCOC[C@H]1CC(F)F. The molecule has 6 nitrogen and oxygen atoms in total. The lowest BCUT2D eigenvalue weighted by Gasteiger charge is -2.35. The van der Waals surface area contributed by atoms with Crippen molar-refractivity contribution in [1.29, 1.82) is 0 Å². The van der Waals surface area contributed by atoms with Crippen LogP contribution in [0.4, 0.5) is 20.3 Å². The van der Waals surface area contributed by atoms with Crippen LogP contribution in [0.25, 0.3) is 0 Å². The molecule has 2 rings (SSSR count). The zero-order valence-electron chi connectivity index (χ0n) is 10.3. The highest BCUT2D eigenvalue weighted by atomic mass is 35.5. The van der Waals surface area contributed by atoms with Gasteiger partial charge in [0.25, 0.3) is 0 Å². The highest BCUT2D eigenvalue weighted by molar-refractivity contribution is 6.30. The number of hydrogen-bond donors (Lipinski definition) is 0. The van der Waals surface area contributed by atoms with Crippen LogP contribution >= 0.6 is 11.6 Å². The van der Waals surface area contributed by atoms with Crippen LogP contribution < -0.4 is 4.90 Å². The molecule has 0 radical (unpaired) electrons. The average Bonchev–Trinajstić information content (AvgIpc) is 2.39. The average molecular weight is 308 g/mol. The Hall–Kier alpha value is -1.54. The number of aromatic nitrogens is 1. The summed E-state index contributed by atoms with van der Waals surface area (Å²) in [6.45, 7) is 0.667. The molecule has 1 fully saturated rings. The molecule has 0 aliphatic carbocycles. The molecular weight excluding hydrogens is 296 g/mol. The molecule has 1 aliphatic rings. The minimum Gasteiger partial charge on any atom is -0.377 e. The van der Waals surface area contributed by atoms with Crippen molar-refractivity contribution in [2.75, 3.05) is 24.7 Å². The van der Waals surface area contributed by atoms with E-state index in [0.717, 1.165) is 0 Å². The number of anilines is 1. The third-order valence-electron chi connectivity index (χ3n) is 2.96. The molecule has 0 saturated carbocycles. The molecule has 1 atom stereocenters. The standard InChI is InChI=1S/C11H12ClF2N3O3/c12-7-3-9(17(18)19)11(15-5-7)16-1-2-20-6-8(16)4-10(13)14/h3,5,8,10H,1-2,4,6H2/t8-/m1/s1. The first-order chi connectivity index (χ1) is 9.49. The summed E-state index contributed by atoms with van der Waals surface area (Å²) in [7, 11) is 0. The number of pyridine rings is 1. The van der Waals surface area contributed by atoms with Gasteiger partial charge in [-0.25, -0.2) is 13.8 Å². The molecule has 1 aromatic heterocycles. The van der Waals surface area contributed by atoms with Crippen LogP contribution in [0.5, 0.6) is 0 Å². The van der Waals surface area contributed by atoms with Crippen LogP contribution in [0.15, 0.2) is 12.3 Å². The Balaban J connectivity index is 2.34. The van der Waals surface area contributed by atoms with Gasteiger partial charge in [0.05, 0.1) is 29.2 Å². The Kier molecular flexibility index (Phi) is 4.66. The molecule has 9 heteroatoms. The molecule has 1 saturated heterocycles. The molecule has 110 valence electrons. The number of ether oxygens (including phenoxy) is 1. The fourth-order valence-electron chi connectivity index (χ4n) is 2.11. The number of halogens is 3. The van der Waals surface area contributed by atoms with Crippen LogP contribution in [0, 0.1) is 10.1 Å². The zero-order valence-corrected chi connectivity index (χ0v) is 11.1. The molecule has 0 N–H and O–H groups in total. The first-order valence-corrected chi connectivity index (χ1v) is 6.29. The predicted octanol–water partition coefficient (Wildman–Crippen LogP) is 2.50. The molecule has 0 unspecified atom stereocenters. The van der Waals surface area contributed by atoms with Crippen molar-refractivity contribution in [3.8, 4) is 0 Å². The van der Waals surface area contributed by atoms with Gasteiger partial charge in [0.2, 0.25) is 12.2 Å². The van der Waals surface area contributed by atoms with Crippen molar-refractivity contribution in [2.24, 2.45) is 0 Å². The second-order valence-corrected chi connectivity index (χ2v) is 4.74. The number of nitrogens with zero attached hydrogens (tertiary/aromatic N) is 3. The van der Waals surface area contributed by atoms with E-state index in [4.69, 9.17) is 16.3 Å². The van der Waals surface area contributed by atoms with Gasteiger partial charge in [0, 0.05) is 25.2 Å².